The summed E-state index contributed by atoms with van der Waals surface area (Å²) in [6.45, 7) is -0.129. The minimum Gasteiger partial charge on any atom is -0.350 e. The van der Waals surface area contributed by atoms with Crippen LogP contribution in [0.15, 0.2) is 23.2 Å². The lowest BCUT2D eigenvalue weighted by molar-refractivity contribution is 0.154. The monoisotopic (exact) mass is 280 g/mol. The molecule has 0 aliphatic heterocycles. The number of pyridine rings is 1. The molecule has 0 bridgehead atoms. The lowest BCUT2D eigenvalue weighted by Gasteiger charge is -2.22. The van der Waals surface area contributed by atoms with Crippen LogP contribution < -0.4 is 15.8 Å². The van der Waals surface area contributed by atoms with Gasteiger partial charge in [0, 0.05) is 19.3 Å². The Kier molecular flexibility index (Phi) is 4.93. The Labute approximate surface area is 104 Å². The van der Waals surface area contributed by atoms with Crippen LogP contribution in [0.5, 0.6) is 0 Å². The van der Waals surface area contributed by atoms with Crippen molar-refractivity contribution >= 4 is 15.8 Å². The Morgan fingerprint density at radius 2 is 2.06 bits per heavy atom. The molecular weight excluding hydrogens is 266 g/mol. The van der Waals surface area contributed by atoms with Crippen molar-refractivity contribution in [2.45, 2.75) is 11.3 Å². The van der Waals surface area contributed by atoms with E-state index in [-0.39, 0.29) is 23.8 Å². The van der Waals surface area contributed by atoms with E-state index in [0.717, 1.165) is 6.20 Å². The molecule has 1 aromatic rings. The number of rotatable bonds is 6. The van der Waals surface area contributed by atoms with Gasteiger partial charge in [-0.05, 0) is 12.1 Å². The van der Waals surface area contributed by atoms with Crippen LogP contribution in [0.25, 0.3) is 0 Å². The van der Waals surface area contributed by atoms with Gasteiger partial charge in [0.15, 0.2) is 0 Å². The molecule has 0 aromatic carbocycles. The number of anilines is 1. The molecule has 1 rings (SSSR count). The van der Waals surface area contributed by atoms with E-state index in [1.165, 1.54) is 17.0 Å². The number of halogens is 2. The summed E-state index contributed by atoms with van der Waals surface area (Å²) in [5, 5.41) is 4.90. The lowest BCUT2D eigenvalue weighted by Crippen LogP contribution is -2.34. The third kappa shape index (κ3) is 4.17. The summed E-state index contributed by atoms with van der Waals surface area (Å²) in [7, 11) is -3.83. The van der Waals surface area contributed by atoms with Crippen molar-refractivity contribution in [3.8, 4) is 0 Å². The molecular formula is C9H14F2N4O2S. The first-order valence-corrected chi connectivity index (χ1v) is 6.61. The fourth-order valence-electron chi connectivity index (χ4n) is 1.35. The van der Waals surface area contributed by atoms with Crippen LogP contribution in [-0.4, -0.2) is 39.5 Å². The molecule has 0 aliphatic carbocycles. The zero-order valence-corrected chi connectivity index (χ0v) is 10.3. The van der Waals surface area contributed by atoms with Crippen molar-refractivity contribution in [3.63, 3.8) is 0 Å². The summed E-state index contributed by atoms with van der Waals surface area (Å²) in [4.78, 5) is 4.90. The first-order valence-electron chi connectivity index (χ1n) is 5.06. The van der Waals surface area contributed by atoms with Crippen LogP contribution in [0.4, 0.5) is 14.6 Å². The molecule has 0 radical (unpaired) electrons. The van der Waals surface area contributed by atoms with Gasteiger partial charge >= 0.3 is 0 Å². The van der Waals surface area contributed by atoms with Crippen LogP contribution in [0, 0.1) is 0 Å². The molecule has 0 saturated carbocycles. The van der Waals surface area contributed by atoms with Gasteiger partial charge in [-0.15, -0.1) is 0 Å². The standard InChI is InChI=1S/C9H14F2N4O2S/c10-8(11)6-15(4-3-12)9-2-1-7(5-14-9)18(13,16)17/h1-2,5,8H,3-4,6,12H2,(H2,13,16,17). The van der Waals surface area contributed by atoms with Gasteiger partial charge in [-0.25, -0.2) is 27.3 Å². The van der Waals surface area contributed by atoms with Gasteiger partial charge in [-0.3, -0.25) is 0 Å². The van der Waals surface area contributed by atoms with Gasteiger partial charge < -0.3 is 10.6 Å². The number of alkyl halides is 2. The van der Waals surface area contributed by atoms with E-state index in [9.17, 15) is 17.2 Å². The van der Waals surface area contributed by atoms with E-state index in [2.05, 4.69) is 4.98 Å². The average Bonchev–Trinajstić information content (AvgIpc) is 2.27. The molecule has 0 atom stereocenters. The Bertz CT molecular complexity index is 478. The van der Waals surface area contributed by atoms with Gasteiger partial charge in [-0.2, -0.15) is 0 Å². The molecule has 0 fully saturated rings. The first-order chi connectivity index (χ1) is 8.34. The maximum absolute atomic E-state index is 12.3. The maximum atomic E-state index is 12.3. The number of nitrogens with zero attached hydrogens (tertiary/aromatic N) is 2. The van der Waals surface area contributed by atoms with E-state index < -0.39 is 23.0 Å². The molecule has 0 unspecified atom stereocenters. The summed E-state index contributed by atoms with van der Waals surface area (Å²) in [6, 6.07) is 2.53. The molecule has 0 amide bonds. The summed E-state index contributed by atoms with van der Waals surface area (Å²) in [5.41, 5.74) is 5.31. The van der Waals surface area contributed by atoms with Gasteiger partial charge in [-0.1, -0.05) is 0 Å². The van der Waals surface area contributed by atoms with Crippen molar-refractivity contribution in [1.82, 2.24) is 4.98 Å². The predicted octanol–water partition coefficient (Wildman–Crippen LogP) is -0.241. The second-order valence-electron chi connectivity index (χ2n) is 3.52. The van der Waals surface area contributed by atoms with Crippen molar-refractivity contribution in [3.05, 3.63) is 18.3 Å². The molecule has 1 aromatic heterocycles. The van der Waals surface area contributed by atoms with E-state index in [4.69, 9.17) is 10.9 Å². The fourth-order valence-corrected chi connectivity index (χ4v) is 1.81. The van der Waals surface area contributed by atoms with Crippen LogP contribution >= 0.6 is 0 Å². The molecule has 4 N–H and O–H groups in total. The van der Waals surface area contributed by atoms with Gasteiger partial charge in [0.2, 0.25) is 10.0 Å². The van der Waals surface area contributed by atoms with Crippen molar-refractivity contribution in [1.29, 1.82) is 0 Å². The average molecular weight is 280 g/mol. The third-order valence-corrected chi connectivity index (χ3v) is 3.03. The minimum absolute atomic E-state index is 0.170. The van der Waals surface area contributed by atoms with E-state index in [1.54, 1.807) is 0 Å². The highest BCUT2D eigenvalue weighted by molar-refractivity contribution is 7.89. The SMILES string of the molecule is NCCN(CC(F)F)c1ccc(S(N)(=O)=O)cn1. The van der Waals surface area contributed by atoms with Crippen molar-refractivity contribution in [2.24, 2.45) is 10.9 Å². The summed E-state index contributed by atoms with van der Waals surface area (Å²) >= 11 is 0. The number of aromatic nitrogens is 1. The molecule has 6 nitrogen and oxygen atoms in total. The third-order valence-electron chi connectivity index (χ3n) is 2.13. The Hall–Kier alpha value is -1.32. The van der Waals surface area contributed by atoms with Crippen LogP contribution in [-0.2, 0) is 10.0 Å². The Morgan fingerprint density at radius 1 is 1.39 bits per heavy atom. The quantitative estimate of drug-likeness (QED) is 0.748. The van der Waals surface area contributed by atoms with Crippen LogP contribution in [0.3, 0.4) is 0 Å². The number of hydrogen-bond acceptors (Lipinski definition) is 5. The van der Waals surface area contributed by atoms with Gasteiger partial charge in [0.25, 0.3) is 6.43 Å². The first kappa shape index (κ1) is 14.7. The van der Waals surface area contributed by atoms with E-state index >= 15 is 0 Å². The molecule has 1 heterocycles. The topological polar surface area (TPSA) is 102 Å². The number of primary sulfonamides is 1. The second kappa shape index (κ2) is 6.03. The maximum Gasteiger partial charge on any atom is 0.255 e. The Balaban J connectivity index is 2.93. The fraction of sp³-hybridized carbons (Fsp3) is 0.444. The molecule has 9 heteroatoms. The number of hydrogen-bond donors (Lipinski definition) is 2. The Morgan fingerprint density at radius 3 is 2.44 bits per heavy atom. The molecule has 0 saturated heterocycles. The zero-order chi connectivity index (χ0) is 13.8. The van der Waals surface area contributed by atoms with Gasteiger partial charge in [0.1, 0.15) is 10.7 Å². The normalized spacial score (nSPS) is 11.8. The molecule has 0 aliphatic rings. The van der Waals surface area contributed by atoms with Crippen molar-refractivity contribution in [2.75, 3.05) is 24.5 Å². The molecule has 18 heavy (non-hydrogen) atoms. The zero-order valence-electron chi connectivity index (χ0n) is 9.46. The highest BCUT2D eigenvalue weighted by Gasteiger charge is 2.14. The predicted molar refractivity (Wildman–Crippen MR) is 62.9 cm³/mol. The largest absolute Gasteiger partial charge is 0.350 e. The summed E-state index contributed by atoms with van der Waals surface area (Å²) < 4.78 is 46.7. The second-order valence-corrected chi connectivity index (χ2v) is 5.08. The van der Waals surface area contributed by atoms with Crippen LogP contribution in [0.2, 0.25) is 0 Å². The van der Waals surface area contributed by atoms with Crippen molar-refractivity contribution < 1.29 is 17.2 Å². The highest BCUT2D eigenvalue weighted by atomic mass is 32.2. The highest BCUT2D eigenvalue weighted by Crippen LogP contribution is 2.14. The minimum atomic E-state index is -3.83. The number of sulfonamides is 1. The van der Waals surface area contributed by atoms with E-state index in [1.807, 2.05) is 0 Å². The summed E-state index contributed by atoms with van der Waals surface area (Å²) in [6.07, 6.45) is -1.50. The van der Waals surface area contributed by atoms with Crippen LogP contribution in [0.1, 0.15) is 0 Å². The van der Waals surface area contributed by atoms with E-state index in [0.29, 0.717) is 0 Å². The molecule has 0 spiro atoms. The van der Waals surface area contributed by atoms with Gasteiger partial charge in [0.05, 0.1) is 6.54 Å². The number of nitrogens with two attached hydrogens (primary N) is 2. The lowest BCUT2D eigenvalue weighted by atomic mass is 10.4. The molecule has 102 valence electrons. The smallest absolute Gasteiger partial charge is 0.255 e. The summed E-state index contributed by atoms with van der Waals surface area (Å²) in [5.74, 6) is 0.230.